The number of hydrogen-bond acceptors (Lipinski definition) is 12. The molecule has 0 spiro atoms. The molecule has 18 nitrogen and oxygen atoms in total. The molecule has 0 unspecified atom stereocenters. The van der Waals surface area contributed by atoms with Crippen molar-refractivity contribution < 1.29 is 55.7 Å². The second-order valence-corrected chi connectivity index (χ2v) is 22.6. The van der Waals surface area contributed by atoms with Crippen LogP contribution in [-0.2, 0) is 46.0 Å². The van der Waals surface area contributed by atoms with Gasteiger partial charge in [-0.15, -0.1) is 0 Å². The van der Waals surface area contributed by atoms with Gasteiger partial charge in [0.05, 0.1) is 66.5 Å². The summed E-state index contributed by atoms with van der Waals surface area (Å²) in [4.78, 5) is 99.8. The molecule has 2 aromatic carbocycles. The largest absolute Gasteiger partial charge is 0.494 e. The number of halogens is 4. The van der Waals surface area contributed by atoms with E-state index in [1.54, 1.807) is 73.7 Å². The van der Waals surface area contributed by atoms with Crippen LogP contribution in [0.25, 0.3) is 16.7 Å². The fourth-order valence-electron chi connectivity index (χ4n) is 12.4. The van der Waals surface area contributed by atoms with Crippen LogP contribution in [0.3, 0.4) is 0 Å². The smallest absolute Gasteiger partial charge is 0.419 e. The van der Waals surface area contributed by atoms with Crippen LogP contribution in [0.4, 0.5) is 17.6 Å². The average molecular weight is 1170 g/mol. The monoisotopic (exact) mass is 1170 g/mol. The van der Waals surface area contributed by atoms with Gasteiger partial charge in [-0.05, 0) is 156 Å². The Morgan fingerprint density at radius 3 is 2.24 bits per heavy atom. The van der Waals surface area contributed by atoms with Crippen molar-refractivity contribution in [2.75, 3.05) is 53.0 Å². The number of benzene rings is 2. The SMILES string of the molecule is CCOc1ccc(-n2c([C@@H](C)N(CC3CCN(C(=O)[C@H]4CC[C@H](NC(=O)CCCO[C@H]5CC[C@H](OCCNC(=O)[C@H]6CC(=O)N(C)[C@@H]6c6cccnc6)CC5)CC4)CC3)C(=O)Cc3ccc(F)c(C(F)(F)F)c3)nc3ncccc3c2=O)cc1. The van der Waals surface area contributed by atoms with Crippen LogP contribution in [0, 0.1) is 23.6 Å². The molecule has 4 fully saturated rings. The molecule has 4 aliphatic rings. The van der Waals surface area contributed by atoms with Crippen LogP contribution in [0.2, 0.25) is 0 Å². The third kappa shape index (κ3) is 15.1. The van der Waals surface area contributed by atoms with Crippen LogP contribution < -0.4 is 20.9 Å². The van der Waals surface area contributed by atoms with Crippen LogP contribution in [0.1, 0.15) is 132 Å². The number of nitrogens with one attached hydrogen (secondary N) is 2. The number of likely N-dealkylation sites (tertiary alicyclic amines) is 2. The van der Waals surface area contributed by atoms with Gasteiger partial charge in [-0.25, -0.2) is 14.4 Å². The number of rotatable bonds is 22. The Bertz CT molecular complexity index is 3140. The number of hydrogen-bond donors (Lipinski definition) is 2. The molecule has 3 aromatic heterocycles. The molecule has 450 valence electrons. The van der Waals surface area contributed by atoms with Crippen molar-refractivity contribution in [2.24, 2.45) is 17.8 Å². The summed E-state index contributed by atoms with van der Waals surface area (Å²) in [6, 6.07) is 14.9. The topological polar surface area (TPSA) is 207 Å². The molecule has 5 aromatic rings. The third-order valence-electron chi connectivity index (χ3n) is 17.0. The van der Waals surface area contributed by atoms with Gasteiger partial charge in [0, 0.05) is 83.2 Å². The summed E-state index contributed by atoms with van der Waals surface area (Å²) in [5, 5.41) is 6.36. The number of ether oxygens (including phenoxy) is 3. The fraction of sp³-hybridized carbons (Fsp3) is 0.532. The highest BCUT2D eigenvalue weighted by Crippen LogP contribution is 2.38. The summed E-state index contributed by atoms with van der Waals surface area (Å²) in [6.45, 7) is 6.15. The molecule has 0 bridgehead atoms. The average Bonchev–Trinajstić information content (AvgIpc) is 1.42. The molecule has 3 atom stereocenters. The number of aromatic nitrogens is 4. The minimum absolute atomic E-state index is 0.0340. The van der Waals surface area contributed by atoms with Gasteiger partial charge in [-0.3, -0.25) is 38.3 Å². The number of alkyl halides is 3. The van der Waals surface area contributed by atoms with E-state index in [0.717, 1.165) is 37.3 Å². The van der Waals surface area contributed by atoms with Crippen molar-refractivity contribution in [2.45, 2.75) is 140 Å². The lowest BCUT2D eigenvalue weighted by Crippen LogP contribution is -2.47. The molecule has 2 aliphatic carbocycles. The van der Waals surface area contributed by atoms with Crippen LogP contribution in [-0.4, -0.2) is 135 Å². The van der Waals surface area contributed by atoms with Gasteiger partial charge in [0.25, 0.3) is 5.56 Å². The zero-order chi connectivity index (χ0) is 59.5. The van der Waals surface area contributed by atoms with E-state index in [9.17, 15) is 46.3 Å². The van der Waals surface area contributed by atoms with Crippen molar-refractivity contribution in [1.82, 2.24) is 44.9 Å². The molecule has 2 saturated carbocycles. The number of nitrogens with zero attached hydrogens (tertiary/aromatic N) is 7. The lowest BCUT2D eigenvalue weighted by atomic mass is 9.84. The third-order valence-corrected chi connectivity index (χ3v) is 17.0. The van der Waals surface area contributed by atoms with Gasteiger partial charge in [-0.1, -0.05) is 12.1 Å². The first-order valence-electron chi connectivity index (χ1n) is 29.5. The van der Waals surface area contributed by atoms with Gasteiger partial charge in [0.15, 0.2) is 5.65 Å². The van der Waals surface area contributed by atoms with Gasteiger partial charge < -0.3 is 39.5 Å². The molecule has 2 N–H and O–H groups in total. The van der Waals surface area contributed by atoms with Crippen LogP contribution >= 0.6 is 0 Å². The van der Waals surface area contributed by atoms with E-state index in [0.29, 0.717) is 114 Å². The van der Waals surface area contributed by atoms with Gasteiger partial charge in [0.2, 0.25) is 29.5 Å². The Balaban J connectivity index is 0.712. The minimum atomic E-state index is -4.98. The van der Waals surface area contributed by atoms with E-state index in [-0.39, 0.29) is 95.1 Å². The summed E-state index contributed by atoms with van der Waals surface area (Å²) >= 11 is 0. The zero-order valence-electron chi connectivity index (χ0n) is 47.9. The summed E-state index contributed by atoms with van der Waals surface area (Å²) in [6.07, 6.45) is 7.61. The molecule has 5 amide bonds. The standard InChI is InChI=1S/C62H75F4N9O9/c1-4-82-46-18-16-45(17-19-46)75-58(71-57-49(61(75)81)9-6-28-68-57)39(2)74(55(78)35-41-11-24-52(63)51(34-41)62(64,65)66)38-40-25-30-73(31-26-40)60(80)42-12-14-44(15-13-42)70-53(76)10-7-32-83-47-20-22-48(23-21-47)84-33-29-69-59(79)50-36-54(77)72(3)56(50)43-8-5-27-67-37-43/h5-6,8-9,11,16-19,24,27-28,34,37,39-40,42,44,47-48,50,56H,4,7,10,12-15,20-23,25-26,29-33,35-36,38H2,1-3H3,(H,69,79)(H,70,76)/t39-,42-,44-,47-,48-,50+,56-/m1/s1. The van der Waals surface area contributed by atoms with E-state index >= 15 is 0 Å². The number of pyridine rings is 2. The highest BCUT2D eigenvalue weighted by Gasteiger charge is 2.43. The van der Waals surface area contributed by atoms with Crippen molar-refractivity contribution in [3.8, 4) is 11.4 Å². The molecular weight excluding hydrogens is 1090 g/mol. The van der Waals surface area contributed by atoms with Gasteiger partial charge >= 0.3 is 6.18 Å². The predicted molar refractivity (Wildman–Crippen MR) is 303 cm³/mol. The molecule has 9 rings (SSSR count). The number of carbonyl (C=O) groups excluding carboxylic acids is 5. The molecular formula is C62H75F4N9O9. The highest BCUT2D eigenvalue weighted by molar-refractivity contribution is 5.90. The Morgan fingerprint density at radius 2 is 1.56 bits per heavy atom. The summed E-state index contributed by atoms with van der Waals surface area (Å²) in [5.41, 5.74) is -0.530. The van der Waals surface area contributed by atoms with E-state index in [1.165, 1.54) is 15.7 Å². The normalized spacial score (nSPS) is 21.7. The van der Waals surface area contributed by atoms with Crippen molar-refractivity contribution in [3.63, 3.8) is 0 Å². The molecule has 0 radical (unpaired) electrons. The van der Waals surface area contributed by atoms with Gasteiger partial charge in [-0.2, -0.15) is 13.2 Å². The lowest BCUT2D eigenvalue weighted by molar-refractivity contribution is -0.140. The molecule has 2 saturated heterocycles. The summed E-state index contributed by atoms with van der Waals surface area (Å²) in [7, 11) is 1.71. The van der Waals surface area contributed by atoms with Crippen molar-refractivity contribution in [3.05, 3.63) is 124 Å². The zero-order valence-corrected chi connectivity index (χ0v) is 47.9. The fourth-order valence-corrected chi connectivity index (χ4v) is 12.4. The highest BCUT2D eigenvalue weighted by atomic mass is 19.4. The second kappa shape index (κ2) is 28.0. The predicted octanol–water partition coefficient (Wildman–Crippen LogP) is 8.24. The number of amides is 5. The first kappa shape index (κ1) is 61.2. The van der Waals surface area contributed by atoms with Gasteiger partial charge in [0.1, 0.15) is 17.4 Å². The first-order valence-corrected chi connectivity index (χ1v) is 29.5. The maximum atomic E-state index is 14.6. The van der Waals surface area contributed by atoms with E-state index < -0.39 is 47.4 Å². The summed E-state index contributed by atoms with van der Waals surface area (Å²) < 4.78 is 75.2. The Hall–Kier alpha value is -7.33. The maximum absolute atomic E-state index is 14.6. The van der Waals surface area contributed by atoms with E-state index in [1.807, 2.05) is 17.9 Å². The quantitative estimate of drug-likeness (QED) is 0.0496. The maximum Gasteiger partial charge on any atom is 0.419 e. The minimum Gasteiger partial charge on any atom is -0.494 e. The van der Waals surface area contributed by atoms with Crippen LogP contribution in [0.5, 0.6) is 5.75 Å². The second-order valence-electron chi connectivity index (χ2n) is 22.6. The Kier molecular flexibility index (Phi) is 20.4. The Morgan fingerprint density at radius 1 is 0.857 bits per heavy atom. The van der Waals surface area contributed by atoms with Crippen molar-refractivity contribution >= 4 is 40.6 Å². The number of carbonyl (C=O) groups is 5. The van der Waals surface area contributed by atoms with E-state index in [2.05, 4.69) is 20.6 Å². The Labute approximate surface area is 486 Å². The first-order chi connectivity index (χ1) is 40.4. The lowest BCUT2D eigenvalue weighted by Gasteiger charge is -2.39. The summed E-state index contributed by atoms with van der Waals surface area (Å²) in [5.74, 6) is -2.34. The molecule has 5 heterocycles. The molecule has 22 heteroatoms. The molecule has 84 heavy (non-hydrogen) atoms. The number of fused-ring (bicyclic) bond motifs is 1. The molecule has 2 aliphatic heterocycles. The van der Waals surface area contributed by atoms with E-state index in [4.69, 9.17) is 19.2 Å². The van der Waals surface area contributed by atoms with Crippen molar-refractivity contribution in [1.29, 1.82) is 0 Å². The number of piperidine rings is 1. The van der Waals surface area contributed by atoms with Crippen LogP contribution in [0.15, 0.2) is 90.1 Å².